The topological polar surface area (TPSA) is 128 Å². The molecule has 0 aliphatic heterocycles. The molecule has 0 saturated carbocycles. The molecule has 0 radical (unpaired) electrons. The Bertz CT molecular complexity index is 880. The zero-order chi connectivity index (χ0) is 17.6. The standard InChI is InChI=1S/C16H16N6O3/c1-24-14-8-13(25-22-14)16(23)21-10-4-6-18-11(7-10)9-20-12-3-2-5-19-15(12)17/h2-8,20H,9H2,1H3,(H2,17,19)(H,18,21,23). The van der Waals surface area contributed by atoms with Crippen LogP contribution in [0.3, 0.4) is 0 Å². The Kier molecular flexibility index (Phi) is 4.74. The zero-order valence-corrected chi connectivity index (χ0v) is 13.4. The van der Waals surface area contributed by atoms with Gasteiger partial charge >= 0.3 is 0 Å². The van der Waals surface area contributed by atoms with Gasteiger partial charge in [0.1, 0.15) is 5.82 Å². The van der Waals surface area contributed by atoms with E-state index in [4.69, 9.17) is 15.0 Å². The third-order valence-corrected chi connectivity index (χ3v) is 3.29. The van der Waals surface area contributed by atoms with Crippen molar-refractivity contribution in [1.29, 1.82) is 0 Å². The number of rotatable bonds is 6. The molecule has 0 bridgehead atoms. The minimum atomic E-state index is -0.433. The van der Waals surface area contributed by atoms with Crippen molar-refractivity contribution < 1.29 is 14.1 Å². The maximum absolute atomic E-state index is 12.1. The quantitative estimate of drug-likeness (QED) is 0.621. The highest BCUT2D eigenvalue weighted by Gasteiger charge is 2.14. The van der Waals surface area contributed by atoms with Crippen molar-refractivity contribution in [2.45, 2.75) is 6.54 Å². The van der Waals surface area contributed by atoms with Gasteiger partial charge in [0.2, 0.25) is 5.76 Å². The van der Waals surface area contributed by atoms with Gasteiger partial charge in [-0.25, -0.2) is 4.98 Å². The van der Waals surface area contributed by atoms with Crippen LogP contribution in [0.5, 0.6) is 5.88 Å². The monoisotopic (exact) mass is 340 g/mol. The van der Waals surface area contributed by atoms with Crippen molar-refractivity contribution in [3.8, 4) is 5.88 Å². The normalized spacial score (nSPS) is 10.3. The summed E-state index contributed by atoms with van der Waals surface area (Å²) in [4.78, 5) is 20.4. The van der Waals surface area contributed by atoms with Gasteiger partial charge in [-0.15, -0.1) is 0 Å². The van der Waals surface area contributed by atoms with Gasteiger partial charge in [0.05, 0.1) is 31.1 Å². The Morgan fingerprint density at radius 2 is 2.16 bits per heavy atom. The van der Waals surface area contributed by atoms with Crippen LogP contribution in [0, 0.1) is 0 Å². The number of nitrogen functional groups attached to an aromatic ring is 1. The second kappa shape index (κ2) is 7.30. The maximum atomic E-state index is 12.1. The number of methoxy groups -OCH3 is 1. The minimum Gasteiger partial charge on any atom is -0.479 e. The molecular weight excluding hydrogens is 324 g/mol. The number of aromatic nitrogens is 3. The molecule has 25 heavy (non-hydrogen) atoms. The van der Waals surface area contributed by atoms with Gasteiger partial charge in [0.15, 0.2) is 0 Å². The lowest BCUT2D eigenvalue weighted by atomic mass is 10.3. The molecule has 9 nitrogen and oxygen atoms in total. The molecule has 3 rings (SSSR count). The van der Waals surface area contributed by atoms with Crippen molar-refractivity contribution in [2.24, 2.45) is 0 Å². The van der Waals surface area contributed by atoms with Crippen LogP contribution < -0.4 is 21.1 Å². The van der Waals surface area contributed by atoms with E-state index in [0.29, 0.717) is 23.7 Å². The summed E-state index contributed by atoms with van der Waals surface area (Å²) in [6, 6.07) is 8.43. The van der Waals surface area contributed by atoms with Gasteiger partial charge < -0.3 is 25.6 Å². The van der Waals surface area contributed by atoms with Crippen molar-refractivity contribution in [3.63, 3.8) is 0 Å². The number of pyridine rings is 2. The highest BCUT2D eigenvalue weighted by molar-refractivity contribution is 6.02. The summed E-state index contributed by atoms with van der Waals surface area (Å²) in [5.74, 6) is 0.263. The Labute approximate surface area is 143 Å². The van der Waals surface area contributed by atoms with Crippen molar-refractivity contribution in [2.75, 3.05) is 23.5 Å². The highest BCUT2D eigenvalue weighted by atomic mass is 16.5. The van der Waals surface area contributed by atoms with Crippen molar-refractivity contribution in [1.82, 2.24) is 15.1 Å². The Hall–Kier alpha value is -3.62. The predicted octanol–water partition coefficient (Wildman–Crippen LogP) is 1.92. The molecular formula is C16H16N6O3. The fourth-order valence-electron chi connectivity index (χ4n) is 2.06. The number of amides is 1. The van der Waals surface area contributed by atoms with E-state index in [-0.39, 0.29) is 11.6 Å². The lowest BCUT2D eigenvalue weighted by Gasteiger charge is -2.09. The van der Waals surface area contributed by atoms with Gasteiger partial charge in [0.25, 0.3) is 11.8 Å². The molecule has 0 spiro atoms. The molecule has 4 N–H and O–H groups in total. The fourth-order valence-corrected chi connectivity index (χ4v) is 2.06. The lowest BCUT2D eigenvalue weighted by Crippen LogP contribution is -2.12. The first-order valence-electron chi connectivity index (χ1n) is 7.37. The summed E-state index contributed by atoms with van der Waals surface area (Å²) >= 11 is 0. The number of hydrogen-bond acceptors (Lipinski definition) is 8. The molecule has 3 aromatic rings. The number of nitrogens with one attached hydrogen (secondary N) is 2. The second-order valence-corrected chi connectivity index (χ2v) is 5.01. The van der Waals surface area contributed by atoms with E-state index in [1.165, 1.54) is 13.2 Å². The largest absolute Gasteiger partial charge is 0.479 e. The van der Waals surface area contributed by atoms with E-state index in [9.17, 15) is 4.79 Å². The number of nitrogens with zero attached hydrogens (tertiary/aromatic N) is 3. The summed E-state index contributed by atoms with van der Waals surface area (Å²) in [5.41, 5.74) is 7.79. The Morgan fingerprint density at radius 3 is 2.92 bits per heavy atom. The van der Waals surface area contributed by atoms with Crippen LogP contribution >= 0.6 is 0 Å². The van der Waals surface area contributed by atoms with Crippen LogP contribution in [-0.2, 0) is 6.54 Å². The Morgan fingerprint density at radius 1 is 1.28 bits per heavy atom. The molecule has 0 saturated heterocycles. The third kappa shape index (κ3) is 4.02. The number of nitrogens with two attached hydrogens (primary N) is 1. The summed E-state index contributed by atoms with van der Waals surface area (Å²) in [7, 11) is 1.44. The molecule has 0 aromatic carbocycles. The summed E-state index contributed by atoms with van der Waals surface area (Å²) in [6.45, 7) is 0.426. The van der Waals surface area contributed by atoms with E-state index < -0.39 is 5.91 Å². The van der Waals surface area contributed by atoms with Crippen molar-refractivity contribution >= 4 is 23.1 Å². The second-order valence-electron chi connectivity index (χ2n) is 5.01. The van der Waals surface area contributed by atoms with E-state index in [1.54, 1.807) is 30.6 Å². The first-order chi connectivity index (χ1) is 12.2. The van der Waals surface area contributed by atoms with Gasteiger partial charge in [-0.2, -0.15) is 0 Å². The molecule has 0 fully saturated rings. The maximum Gasteiger partial charge on any atom is 0.294 e. The van der Waals surface area contributed by atoms with Gasteiger partial charge in [0, 0.05) is 18.1 Å². The summed E-state index contributed by atoms with van der Waals surface area (Å²) in [5, 5.41) is 9.45. The number of anilines is 3. The van der Waals surface area contributed by atoms with Crippen LogP contribution in [0.25, 0.3) is 0 Å². The molecule has 3 heterocycles. The molecule has 0 unspecified atom stereocenters. The Balaban J connectivity index is 1.65. The predicted molar refractivity (Wildman–Crippen MR) is 91.2 cm³/mol. The van der Waals surface area contributed by atoms with Gasteiger partial charge in [-0.1, -0.05) is 0 Å². The SMILES string of the molecule is COc1cc(C(=O)Nc2ccnc(CNc3cccnc3N)c2)on1. The number of carbonyl (C=O) groups excluding carboxylic acids is 1. The first-order valence-corrected chi connectivity index (χ1v) is 7.37. The third-order valence-electron chi connectivity index (χ3n) is 3.29. The average Bonchev–Trinajstić information content (AvgIpc) is 3.11. The van der Waals surface area contributed by atoms with E-state index in [0.717, 1.165) is 5.69 Å². The number of carbonyl (C=O) groups is 1. The van der Waals surface area contributed by atoms with Crippen LogP contribution in [0.4, 0.5) is 17.2 Å². The molecule has 0 atom stereocenters. The fraction of sp³-hybridized carbons (Fsp3) is 0.125. The van der Waals surface area contributed by atoms with Crippen molar-refractivity contribution in [3.05, 3.63) is 54.2 Å². The zero-order valence-electron chi connectivity index (χ0n) is 13.4. The molecule has 3 aromatic heterocycles. The average molecular weight is 340 g/mol. The van der Waals surface area contributed by atoms with E-state index >= 15 is 0 Å². The smallest absolute Gasteiger partial charge is 0.294 e. The molecule has 128 valence electrons. The van der Waals surface area contributed by atoms with Gasteiger partial charge in [-0.05, 0) is 29.4 Å². The molecule has 9 heteroatoms. The van der Waals surface area contributed by atoms with Crippen LogP contribution in [0.15, 0.2) is 47.2 Å². The summed E-state index contributed by atoms with van der Waals surface area (Å²) < 4.78 is 9.78. The molecule has 0 aliphatic carbocycles. The summed E-state index contributed by atoms with van der Waals surface area (Å²) in [6.07, 6.45) is 3.22. The van der Waals surface area contributed by atoms with Gasteiger partial charge in [-0.3, -0.25) is 9.78 Å². The molecule has 1 amide bonds. The van der Waals surface area contributed by atoms with E-state index in [1.807, 2.05) is 6.07 Å². The van der Waals surface area contributed by atoms with Crippen LogP contribution in [0.1, 0.15) is 16.2 Å². The minimum absolute atomic E-state index is 0.0523. The molecule has 0 aliphatic rings. The highest BCUT2D eigenvalue weighted by Crippen LogP contribution is 2.17. The lowest BCUT2D eigenvalue weighted by molar-refractivity contribution is 0.0987. The van der Waals surface area contributed by atoms with Crippen LogP contribution in [-0.4, -0.2) is 28.1 Å². The first kappa shape index (κ1) is 16.2. The van der Waals surface area contributed by atoms with Crippen LogP contribution in [0.2, 0.25) is 0 Å². The number of ether oxygens (including phenoxy) is 1. The van der Waals surface area contributed by atoms with E-state index in [2.05, 4.69) is 25.8 Å². The number of hydrogen-bond donors (Lipinski definition) is 3.